The second-order valence-electron chi connectivity index (χ2n) is 3.30. The van der Waals surface area contributed by atoms with Crippen molar-refractivity contribution in [1.82, 2.24) is 4.98 Å². The maximum Gasteiger partial charge on any atom is 0.166 e. The predicted octanol–water partition coefficient (Wildman–Crippen LogP) is 2.43. The molecule has 1 heterocycles. The second kappa shape index (κ2) is 4.90. The molecule has 0 spiro atoms. The quantitative estimate of drug-likeness (QED) is 0.795. The molecule has 4 nitrogen and oxygen atoms in total. The van der Waals surface area contributed by atoms with Crippen molar-refractivity contribution in [2.45, 2.75) is 0 Å². The number of aliphatic imine (C=N–C) groups is 1. The van der Waals surface area contributed by atoms with Crippen LogP contribution in [0.15, 0.2) is 53.7 Å². The minimum Gasteiger partial charge on any atom is -0.508 e. The lowest BCUT2D eigenvalue weighted by Gasteiger charge is -1.98. The van der Waals surface area contributed by atoms with Crippen molar-refractivity contribution in [3.63, 3.8) is 0 Å². The monoisotopic (exact) mass is 223 g/mol. The molecule has 0 saturated carbocycles. The molecule has 1 aromatic heterocycles. The van der Waals surface area contributed by atoms with Crippen molar-refractivity contribution >= 4 is 11.4 Å². The summed E-state index contributed by atoms with van der Waals surface area (Å²) in [4.78, 5) is 8.23. The molecule has 0 fully saturated rings. The summed E-state index contributed by atoms with van der Waals surface area (Å²) in [6.07, 6.45) is 1.61. The van der Waals surface area contributed by atoms with Gasteiger partial charge in [-0.3, -0.25) is 4.98 Å². The van der Waals surface area contributed by atoms with E-state index in [1.165, 1.54) is 12.1 Å². The Bertz CT molecular complexity index is 568. The van der Waals surface area contributed by atoms with Crippen molar-refractivity contribution in [2.24, 2.45) is 4.99 Å². The van der Waals surface area contributed by atoms with E-state index in [4.69, 9.17) is 10.4 Å². The van der Waals surface area contributed by atoms with E-state index >= 15 is 0 Å². The first-order chi connectivity index (χ1) is 8.29. The fourth-order valence-electron chi connectivity index (χ4n) is 1.30. The van der Waals surface area contributed by atoms with E-state index in [0.717, 1.165) is 0 Å². The van der Waals surface area contributed by atoms with Crippen LogP contribution in [0.2, 0.25) is 0 Å². The number of hydrogen-bond donors (Lipinski definition) is 1. The smallest absolute Gasteiger partial charge is 0.166 e. The number of phenolic OH excluding ortho intramolecular Hbond substituents is 1. The Labute approximate surface area is 98.5 Å². The molecule has 0 aliphatic carbocycles. The molecule has 0 amide bonds. The summed E-state index contributed by atoms with van der Waals surface area (Å²) in [6.45, 7) is 0. The fraction of sp³-hybridized carbons (Fsp3) is 0. The standard InChI is InChI=1S/C13H9N3O/c14-9-13(12-3-1-2-8-15-12)16-10-4-6-11(17)7-5-10/h1-8,17H. The first kappa shape index (κ1) is 10.8. The van der Waals surface area contributed by atoms with Crippen LogP contribution >= 0.6 is 0 Å². The normalized spacial score (nSPS) is 10.9. The number of nitriles is 1. The Hall–Kier alpha value is -2.67. The predicted molar refractivity (Wildman–Crippen MR) is 64.2 cm³/mol. The molecule has 0 radical (unpaired) electrons. The molecule has 4 heteroatoms. The molecule has 17 heavy (non-hydrogen) atoms. The van der Waals surface area contributed by atoms with E-state index in [2.05, 4.69) is 9.98 Å². The van der Waals surface area contributed by atoms with Crippen LogP contribution in [0.5, 0.6) is 5.75 Å². The molecular formula is C13H9N3O. The van der Waals surface area contributed by atoms with E-state index < -0.39 is 0 Å². The lowest BCUT2D eigenvalue weighted by atomic mass is 10.2. The van der Waals surface area contributed by atoms with Gasteiger partial charge < -0.3 is 5.11 Å². The molecular weight excluding hydrogens is 214 g/mol. The summed E-state index contributed by atoms with van der Waals surface area (Å²) in [7, 11) is 0. The zero-order valence-corrected chi connectivity index (χ0v) is 8.91. The van der Waals surface area contributed by atoms with Crippen LogP contribution in [-0.4, -0.2) is 15.8 Å². The van der Waals surface area contributed by atoms with Gasteiger partial charge >= 0.3 is 0 Å². The number of phenols is 1. The van der Waals surface area contributed by atoms with Gasteiger partial charge in [0.1, 0.15) is 11.8 Å². The van der Waals surface area contributed by atoms with Gasteiger partial charge in [-0.05, 0) is 36.4 Å². The average molecular weight is 223 g/mol. The highest BCUT2D eigenvalue weighted by Crippen LogP contribution is 2.17. The molecule has 1 N–H and O–H groups in total. The molecule has 2 rings (SSSR count). The van der Waals surface area contributed by atoms with Gasteiger partial charge in [0.15, 0.2) is 5.71 Å². The van der Waals surface area contributed by atoms with Gasteiger partial charge in [-0.1, -0.05) is 6.07 Å². The van der Waals surface area contributed by atoms with E-state index in [0.29, 0.717) is 11.4 Å². The van der Waals surface area contributed by atoms with E-state index in [1.54, 1.807) is 36.5 Å². The highest BCUT2D eigenvalue weighted by Gasteiger charge is 2.03. The van der Waals surface area contributed by atoms with Gasteiger partial charge in [-0.2, -0.15) is 5.26 Å². The summed E-state index contributed by atoms with van der Waals surface area (Å²) in [6, 6.07) is 13.6. The van der Waals surface area contributed by atoms with Crippen molar-refractivity contribution in [1.29, 1.82) is 5.26 Å². The minimum atomic E-state index is 0.167. The molecule has 0 aliphatic heterocycles. The molecule has 2 aromatic rings. The summed E-state index contributed by atoms with van der Waals surface area (Å²) in [5.74, 6) is 0.167. The van der Waals surface area contributed by atoms with E-state index in [-0.39, 0.29) is 11.5 Å². The highest BCUT2D eigenvalue weighted by atomic mass is 16.3. The maximum atomic E-state index is 9.14. The minimum absolute atomic E-state index is 0.167. The van der Waals surface area contributed by atoms with Crippen molar-refractivity contribution in [2.75, 3.05) is 0 Å². The van der Waals surface area contributed by atoms with Crippen LogP contribution < -0.4 is 0 Å². The summed E-state index contributed by atoms with van der Waals surface area (Å²) < 4.78 is 0. The average Bonchev–Trinajstić information content (AvgIpc) is 2.39. The number of pyridine rings is 1. The fourth-order valence-corrected chi connectivity index (χ4v) is 1.30. The summed E-state index contributed by atoms with van der Waals surface area (Å²) in [5.41, 5.74) is 1.38. The third-order valence-corrected chi connectivity index (χ3v) is 2.10. The van der Waals surface area contributed by atoms with Gasteiger partial charge in [-0.25, -0.2) is 4.99 Å². The Morgan fingerprint density at radius 1 is 1.18 bits per heavy atom. The largest absolute Gasteiger partial charge is 0.508 e. The number of benzene rings is 1. The SMILES string of the molecule is N#CC(=Nc1ccc(O)cc1)c1ccccn1. The topological polar surface area (TPSA) is 69.3 Å². The van der Waals surface area contributed by atoms with Crippen molar-refractivity contribution < 1.29 is 5.11 Å². The Kier molecular flexibility index (Phi) is 3.13. The van der Waals surface area contributed by atoms with Gasteiger partial charge in [-0.15, -0.1) is 0 Å². The van der Waals surface area contributed by atoms with Crippen LogP contribution in [0.25, 0.3) is 0 Å². The van der Waals surface area contributed by atoms with Crippen molar-refractivity contribution in [3.8, 4) is 11.8 Å². The van der Waals surface area contributed by atoms with Gasteiger partial charge in [0.25, 0.3) is 0 Å². The van der Waals surface area contributed by atoms with E-state index in [1.807, 2.05) is 6.07 Å². The first-order valence-corrected chi connectivity index (χ1v) is 4.99. The molecule has 0 atom stereocenters. The van der Waals surface area contributed by atoms with Gasteiger partial charge in [0.2, 0.25) is 0 Å². The molecule has 1 aromatic carbocycles. The lowest BCUT2D eigenvalue weighted by Crippen LogP contribution is -1.99. The van der Waals surface area contributed by atoms with Crippen LogP contribution in [0, 0.1) is 11.3 Å². The van der Waals surface area contributed by atoms with Crippen LogP contribution in [-0.2, 0) is 0 Å². The first-order valence-electron chi connectivity index (χ1n) is 4.99. The van der Waals surface area contributed by atoms with Gasteiger partial charge in [0, 0.05) is 6.20 Å². The van der Waals surface area contributed by atoms with Crippen LogP contribution in [0.4, 0.5) is 5.69 Å². The number of rotatable bonds is 2. The molecule has 0 aliphatic rings. The number of hydrogen-bond acceptors (Lipinski definition) is 4. The van der Waals surface area contributed by atoms with Crippen molar-refractivity contribution in [3.05, 3.63) is 54.4 Å². The molecule has 82 valence electrons. The third-order valence-electron chi connectivity index (χ3n) is 2.10. The third kappa shape index (κ3) is 2.67. The number of nitrogens with zero attached hydrogens (tertiary/aromatic N) is 3. The Morgan fingerprint density at radius 2 is 1.94 bits per heavy atom. The zero-order chi connectivity index (χ0) is 12.1. The molecule has 0 bridgehead atoms. The van der Waals surface area contributed by atoms with Crippen LogP contribution in [0.1, 0.15) is 5.69 Å². The summed E-state index contributed by atoms with van der Waals surface area (Å²) in [5, 5.41) is 18.2. The molecule has 0 saturated heterocycles. The number of aromatic hydroxyl groups is 1. The molecule has 0 unspecified atom stereocenters. The maximum absolute atomic E-state index is 9.14. The second-order valence-corrected chi connectivity index (χ2v) is 3.30. The van der Waals surface area contributed by atoms with Gasteiger partial charge in [0.05, 0.1) is 11.4 Å². The Balaban J connectivity index is 2.37. The highest BCUT2D eigenvalue weighted by molar-refractivity contribution is 6.11. The summed E-state index contributed by atoms with van der Waals surface area (Å²) >= 11 is 0. The van der Waals surface area contributed by atoms with E-state index in [9.17, 15) is 0 Å². The lowest BCUT2D eigenvalue weighted by molar-refractivity contribution is 0.475. The Morgan fingerprint density at radius 3 is 2.53 bits per heavy atom. The number of aromatic nitrogens is 1. The zero-order valence-electron chi connectivity index (χ0n) is 8.91. The van der Waals surface area contributed by atoms with Crippen LogP contribution in [0.3, 0.4) is 0 Å².